The Morgan fingerprint density at radius 3 is 2.56 bits per heavy atom. The molecule has 1 amide bonds. The Morgan fingerprint density at radius 1 is 1.28 bits per heavy atom. The maximum Gasteiger partial charge on any atom is 0.259 e. The van der Waals surface area contributed by atoms with Crippen LogP contribution in [0.1, 0.15) is 54.4 Å². The van der Waals surface area contributed by atoms with E-state index in [1.807, 2.05) is 41.5 Å². The van der Waals surface area contributed by atoms with Crippen molar-refractivity contribution in [2.45, 2.75) is 91.1 Å². The summed E-state index contributed by atoms with van der Waals surface area (Å²) in [5, 5.41) is 2.72. The predicted molar refractivity (Wildman–Crippen MR) is 141 cm³/mol. The molecule has 1 saturated heterocycles. The van der Waals surface area contributed by atoms with Crippen LogP contribution >= 0.6 is 20.3 Å². The molecule has 0 saturated carbocycles. The van der Waals surface area contributed by atoms with Gasteiger partial charge in [0, 0.05) is 36.5 Å². The topological polar surface area (TPSA) is 89.6 Å². The summed E-state index contributed by atoms with van der Waals surface area (Å²) in [7, 11) is -1.62. The van der Waals surface area contributed by atoms with Crippen molar-refractivity contribution in [3.63, 3.8) is 0 Å². The highest BCUT2D eigenvalue weighted by molar-refractivity contribution is 8.13. The van der Waals surface area contributed by atoms with Crippen LogP contribution in [-0.4, -0.2) is 82.9 Å². The number of alkyl halides is 1. The fourth-order valence-corrected chi connectivity index (χ4v) is 6.30. The lowest BCUT2D eigenvalue weighted by molar-refractivity contribution is -0.118. The van der Waals surface area contributed by atoms with Crippen molar-refractivity contribution in [3.05, 3.63) is 24.7 Å². The Hall–Kier alpha value is -1.07. The Labute approximate surface area is 220 Å². The molecule has 12 heteroatoms. The van der Waals surface area contributed by atoms with Crippen LogP contribution in [0.25, 0.3) is 0 Å². The zero-order valence-corrected chi connectivity index (χ0v) is 23.9. The van der Waals surface area contributed by atoms with E-state index in [0.29, 0.717) is 31.8 Å². The third-order valence-corrected chi connectivity index (χ3v) is 8.69. The van der Waals surface area contributed by atoms with Crippen molar-refractivity contribution in [2.75, 3.05) is 25.6 Å². The van der Waals surface area contributed by atoms with Gasteiger partial charge in [-0.25, -0.2) is 9.06 Å². The van der Waals surface area contributed by atoms with E-state index in [1.165, 1.54) is 28.9 Å². The fourth-order valence-electron chi connectivity index (χ4n) is 3.92. The van der Waals surface area contributed by atoms with Crippen LogP contribution in [0.5, 0.6) is 0 Å². The molecule has 0 aliphatic carbocycles. The first-order chi connectivity index (χ1) is 17.1. The van der Waals surface area contributed by atoms with E-state index in [-0.39, 0.29) is 35.5 Å². The summed E-state index contributed by atoms with van der Waals surface area (Å²) in [6, 6.07) is 0.203. The van der Waals surface area contributed by atoms with E-state index in [0.717, 1.165) is 0 Å². The Kier molecular flexibility index (Phi) is 13.3. The molecule has 5 atom stereocenters. The van der Waals surface area contributed by atoms with Gasteiger partial charge >= 0.3 is 0 Å². The minimum Gasteiger partial charge on any atom is -0.378 e. The number of carbonyl (C=O) groups is 2. The number of halogens is 1. The molecule has 2 aliphatic rings. The molecular weight excluding hydrogens is 508 g/mol. The number of rotatable bonds is 15. The van der Waals surface area contributed by atoms with E-state index in [1.54, 1.807) is 0 Å². The van der Waals surface area contributed by atoms with Crippen molar-refractivity contribution >= 4 is 31.3 Å². The van der Waals surface area contributed by atoms with Crippen LogP contribution in [0.4, 0.5) is 4.39 Å². The predicted octanol–water partition coefficient (Wildman–Crippen LogP) is 4.31. The van der Waals surface area contributed by atoms with Gasteiger partial charge in [-0.3, -0.25) is 9.59 Å². The van der Waals surface area contributed by atoms with E-state index in [2.05, 4.69) is 16.6 Å². The van der Waals surface area contributed by atoms with Crippen LogP contribution in [0.15, 0.2) is 24.7 Å². The van der Waals surface area contributed by atoms with Crippen molar-refractivity contribution in [1.29, 1.82) is 0 Å². The first-order valence-electron chi connectivity index (χ1n) is 12.5. The highest BCUT2D eigenvalue weighted by Gasteiger charge is 2.50. The molecule has 0 aromatic carbocycles. The molecular formula is C24H41FN3O6PS. The number of ether oxygens (including phenoxy) is 2. The van der Waals surface area contributed by atoms with Crippen molar-refractivity contribution in [3.8, 4) is 0 Å². The second-order valence-electron chi connectivity index (χ2n) is 8.97. The largest absolute Gasteiger partial charge is 0.378 e. The van der Waals surface area contributed by atoms with Crippen LogP contribution < -0.4 is 5.32 Å². The quantitative estimate of drug-likeness (QED) is 0.237. The van der Waals surface area contributed by atoms with Crippen LogP contribution in [0.3, 0.4) is 0 Å². The standard InChI is InChI=1S/C24H41FN3O6PS/c1-8-19-23(22(25)24(33-19)27-11-10-20(29)26-18(27)7)34-35(28(16(3)4)17(5)6)32-13-12-31-14-15-36-21(30)9-2/h10-11,16-17,19,22-24H,7-9,12-15H2,1-6H3,(H,26,29)/t19-,22+,23?,24-,35?/m1/s1. The monoisotopic (exact) mass is 549 g/mol. The lowest BCUT2D eigenvalue weighted by Crippen LogP contribution is -2.45. The minimum absolute atomic E-state index is 0.102. The van der Waals surface area contributed by atoms with Crippen LogP contribution in [0, 0.1) is 0 Å². The average Bonchev–Trinajstić information content (AvgIpc) is 3.12. The second-order valence-corrected chi connectivity index (χ2v) is 11.5. The summed E-state index contributed by atoms with van der Waals surface area (Å²) >= 11 is 1.26. The smallest absolute Gasteiger partial charge is 0.259 e. The summed E-state index contributed by atoms with van der Waals surface area (Å²) in [5.41, 5.74) is 0. The van der Waals surface area contributed by atoms with E-state index in [4.69, 9.17) is 18.5 Å². The first-order valence-corrected chi connectivity index (χ1v) is 14.6. The van der Waals surface area contributed by atoms with Crippen molar-refractivity contribution in [1.82, 2.24) is 14.9 Å². The number of nitrogens with one attached hydrogen (secondary N) is 1. The van der Waals surface area contributed by atoms with Gasteiger partial charge in [-0.05, 0) is 34.1 Å². The minimum atomic E-state index is -1.62. The molecule has 2 aliphatic heterocycles. The first kappa shape index (κ1) is 31.1. The lowest BCUT2D eigenvalue weighted by Gasteiger charge is -2.37. The summed E-state index contributed by atoms with van der Waals surface area (Å²) in [6.45, 7) is 16.8. The fraction of sp³-hybridized carbons (Fsp3) is 0.750. The molecule has 9 nitrogen and oxygen atoms in total. The van der Waals surface area contributed by atoms with E-state index < -0.39 is 33.1 Å². The summed E-state index contributed by atoms with van der Waals surface area (Å²) < 4.78 is 42.0. The molecule has 1 fully saturated rings. The van der Waals surface area contributed by atoms with Crippen LogP contribution in [-0.2, 0) is 28.1 Å². The molecule has 0 aromatic rings. The highest BCUT2D eigenvalue weighted by atomic mass is 32.2. The number of hydrogen-bond acceptors (Lipinski definition) is 9. The molecule has 0 radical (unpaired) electrons. The van der Waals surface area contributed by atoms with Gasteiger partial charge in [0.15, 0.2) is 17.5 Å². The summed E-state index contributed by atoms with van der Waals surface area (Å²) in [4.78, 5) is 24.5. The number of nitrogens with zero attached hydrogens (tertiary/aromatic N) is 2. The maximum atomic E-state index is 15.8. The summed E-state index contributed by atoms with van der Waals surface area (Å²) in [6.07, 6.45) is 0.0145. The molecule has 36 heavy (non-hydrogen) atoms. The molecule has 2 unspecified atom stereocenters. The van der Waals surface area contributed by atoms with Gasteiger partial charge in [-0.1, -0.05) is 32.2 Å². The number of hydrogen-bond donors (Lipinski definition) is 1. The molecule has 0 bridgehead atoms. The van der Waals surface area contributed by atoms with Gasteiger partial charge in [0.2, 0.25) is 0 Å². The van der Waals surface area contributed by atoms with Gasteiger partial charge in [-0.15, -0.1) is 0 Å². The van der Waals surface area contributed by atoms with Gasteiger partial charge in [0.1, 0.15) is 11.9 Å². The van der Waals surface area contributed by atoms with E-state index >= 15 is 4.39 Å². The Bertz CT molecular complexity index is 766. The van der Waals surface area contributed by atoms with Crippen molar-refractivity contribution in [2.24, 2.45) is 0 Å². The number of thioether (sulfide) groups is 1. The number of amides is 1. The normalized spacial score (nSPS) is 25.3. The Balaban J connectivity index is 2.05. The zero-order chi connectivity index (χ0) is 26.8. The molecule has 0 spiro atoms. The molecule has 2 heterocycles. The lowest BCUT2D eigenvalue weighted by atomic mass is 10.1. The second kappa shape index (κ2) is 15.4. The molecule has 206 valence electrons. The zero-order valence-electron chi connectivity index (χ0n) is 22.1. The third kappa shape index (κ3) is 8.75. The third-order valence-electron chi connectivity index (χ3n) is 5.58. The van der Waals surface area contributed by atoms with E-state index in [9.17, 15) is 9.59 Å². The van der Waals surface area contributed by atoms with Gasteiger partial charge in [0.25, 0.3) is 14.4 Å². The summed E-state index contributed by atoms with van der Waals surface area (Å²) in [5.74, 6) is 0.538. The van der Waals surface area contributed by atoms with Gasteiger partial charge in [0.05, 0.1) is 25.9 Å². The average molecular weight is 550 g/mol. The van der Waals surface area contributed by atoms with Gasteiger partial charge in [-0.2, -0.15) is 0 Å². The van der Waals surface area contributed by atoms with Crippen molar-refractivity contribution < 1.29 is 32.5 Å². The SMILES string of the molecule is C=C1NC(=O)C=CN1[C@@H]1O[C@H](CC)C(OP(OCCOCCSC(=O)CC)N(C(C)C)C(C)C)[C@@H]1F. The molecule has 0 aromatic heterocycles. The number of carbonyl (C=O) groups excluding carboxylic acids is 2. The van der Waals surface area contributed by atoms with Gasteiger partial charge < -0.3 is 28.7 Å². The molecule has 2 rings (SSSR count). The maximum absolute atomic E-state index is 15.8. The van der Waals surface area contributed by atoms with Crippen LogP contribution in [0.2, 0.25) is 0 Å². The molecule has 1 N–H and O–H groups in total. The highest BCUT2D eigenvalue weighted by Crippen LogP contribution is 2.50. The Morgan fingerprint density at radius 2 is 1.97 bits per heavy atom.